The minimum absolute atomic E-state index is 0.0354. The fraction of sp³-hybridized carbons (Fsp3) is 0.867. The Balaban J connectivity index is 2.63. The van der Waals surface area contributed by atoms with Gasteiger partial charge in [0, 0.05) is 19.1 Å². The summed E-state index contributed by atoms with van der Waals surface area (Å²) >= 11 is 0. The number of hydrogen-bond acceptors (Lipinski definition) is 5. The van der Waals surface area contributed by atoms with Gasteiger partial charge in [-0.3, -0.25) is 9.69 Å². The van der Waals surface area contributed by atoms with E-state index in [1.54, 1.807) is 6.92 Å². The average molecular weight is 296 g/mol. The highest BCUT2D eigenvalue weighted by Crippen LogP contribution is 2.19. The number of carbonyl (C=O) groups excluding carboxylic acids is 1. The van der Waals surface area contributed by atoms with E-state index in [9.17, 15) is 15.2 Å². The van der Waals surface area contributed by atoms with Gasteiger partial charge in [-0.1, -0.05) is 13.8 Å². The number of β-amino-alcohol motifs (C(OH)–C–C–N with tert-alkyl or cyclic N) is 1. The molecule has 1 saturated heterocycles. The molecule has 0 spiro atoms. The van der Waals surface area contributed by atoms with Gasteiger partial charge in [-0.25, -0.2) is 0 Å². The van der Waals surface area contributed by atoms with Crippen molar-refractivity contribution in [3.63, 3.8) is 0 Å². The summed E-state index contributed by atoms with van der Waals surface area (Å²) in [5.74, 6) is -0.126. The van der Waals surface area contributed by atoms with Gasteiger partial charge in [0.25, 0.3) is 0 Å². The van der Waals surface area contributed by atoms with Crippen molar-refractivity contribution in [3.8, 4) is 6.07 Å². The van der Waals surface area contributed by atoms with E-state index in [-0.39, 0.29) is 30.5 Å². The number of nitrogens with zero attached hydrogens (tertiary/aromatic N) is 3. The second kappa shape index (κ2) is 7.21. The predicted molar refractivity (Wildman–Crippen MR) is 81.5 cm³/mol. The van der Waals surface area contributed by atoms with Crippen LogP contribution in [0.15, 0.2) is 0 Å². The Morgan fingerprint density at radius 2 is 2.19 bits per heavy atom. The van der Waals surface area contributed by atoms with Crippen LogP contribution in [-0.2, 0) is 4.79 Å². The number of nitriles is 1. The summed E-state index contributed by atoms with van der Waals surface area (Å²) in [6.07, 6.45) is 0.306. The molecule has 0 radical (unpaired) electrons. The van der Waals surface area contributed by atoms with Crippen molar-refractivity contribution in [2.45, 2.75) is 44.9 Å². The highest BCUT2D eigenvalue weighted by Gasteiger charge is 2.35. The van der Waals surface area contributed by atoms with Gasteiger partial charge < -0.3 is 15.3 Å². The Morgan fingerprint density at radius 1 is 1.57 bits per heavy atom. The summed E-state index contributed by atoms with van der Waals surface area (Å²) < 4.78 is 0. The molecule has 0 aromatic carbocycles. The Hall–Kier alpha value is -1.16. The van der Waals surface area contributed by atoms with Gasteiger partial charge in [0.05, 0.1) is 18.7 Å². The van der Waals surface area contributed by atoms with E-state index in [2.05, 4.69) is 16.3 Å². The first kappa shape index (κ1) is 17.9. The van der Waals surface area contributed by atoms with E-state index in [4.69, 9.17) is 0 Å². The summed E-state index contributed by atoms with van der Waals surface area (Å²) in [6, 6.07) is 2.35. The van der Waals surface area contributed by atoms with E-state index in [0.717, 1.165) is 6.54 Å². The van der Waals surface area contributed by atoms with Crippen molar-refractivity contribution in [1.82, 2.24) is 15.1 Å². The van der Waals surface area contributed by atoms with Gasteiger partial charge in [0.1, 0.15) is 5.54 Å². The van der Waals surface area contributed by atoms with Crippen LogP contribution in [0, 0.1) is 17.2 Å². The zero-order chi connectivity index (χ0) is 16.2. The molecule has 6 heteroatoms. The zero-order valence-corrected chi connectivity index (χ0v) is 13.8. The number of likely N-dealkylation sites (N-methyl/N-ethyl adjacent to an activating group) is 1. The topological polar surface area (TPSA) is 79.6 Å². The summed E-state index contributed by atoms with van der Waals surface area (Å²) in [5.41, 5.74) is -0.855. The maximum Gasteiger partial charge on any atom is 0.235 e. The number of likely N-dealkylation sites (tertiary alicyclic amines) is 1. The number of hydrogen-bond donors (Lipinski definition) is 2. The van der Waals surface area contributed by atoms with Crippen LogP contribution < -0.4 is 5.32 Å². The van der Waals surface area contributed by atoms with E-state index in [1.807, 2.05) is 32.8 Å². The van der Waals surface area contributed by atoms with E-state index in [0.29, 0.717) is 13.0 Å². The number of amides is 1. The van der Waals surface area contributed by atoms with Crippen LogP contribution in [0.1, 0.15) is 27.2 Å². The normalized spacial score (nSPS) is 25.9. The molecule has 1 aliphatic rings. The highest BCUT2D eigenvalue weighted by atomic mass is 16.3. The van der Waals surface area contributed by atoms with Gasteiger partial charge in [-0.15, -0.1) is 0 Å². The minimum Gasteiger partial charge on any atom is -0.392 e. The summed E-state index contributed by atoms with van der Waals surface area (Å²) in [4.78, 5) is 16.3. The quantitative estimate of drug-likeness (QED) is 0.723. The van der Waals surface area contributed by atoms with Gasteiger partial charge >= 0.3 is 0 Å². The maximum absolute atomic E-state index is 12.2. The molecule has 6 nitrogen and oxygen atoms in total. The van der Waals surface area contributed by atoms with E-state index >= 15 is 0 Å². The van der Waals surface area contributed by atoms with Crippen molar-refractivity contribution in [3.05, 3.63) is 0 Å². The number of rotatable bonds is 6. The van der Waals surface area contributed by atoms with E-state index in [1.165, 1.54) is 0 Å². The van der Waals surface area contributed by atoms with Crippen LogP contribution in [0.25, 0.3) is 0 Å². The summed E-state index contributed by atoms with van der Waals surface area (Å²) in [7, 11) is 3.96. The Labute approximate surface area is 127 Å². The molecule has 3 atom stereocenters. The molecule has 2 N–H and O–H groups in total. The fourth-order valence-electron chi connectivity index (χ4n) is 2.58. The molecule has 1 rings (SSSR count). The first-order chi connectivity index (χ1) is 9.67. The molecule has 1 aliphatic heterocycles. The molecule has 0 bridgehead atoms. The lowest BCUT2D eigenvalue weighted by Crippen LogP contribution is -2.52. The molecule has 1 heterocycles. The molecular formula is C15H28N4O2. The van der Waals surface area contributed by atoms with Crippen LogP contribution >= 0.6 is 0 Å². The number of nitrogens with one attached hydrogen (secondary N) is 1. The third-order valence-corrected chi connectivity index (χ3v) is 4.21. The zero-order valence-electron chi connectivity index (χ0n) is 13.8. The van der Waals surface area contributed by atoms with Crippen molar-refractivity contribution in [2.24, 2.45) is 5.92 Å². The summed E-state index contributed by atoms with van der Waals surface area (Å²) in [5, 5.41) is 21.9. The van der Waals surface area contributed by atoms with E-state index < -0.39 is 5.54 Å². The van der Waals surface area contributed by atoms with Crippen molar-refractivity contribution >= 4 is 5.91 Å². The van der Waals surface area contributed by atoms with Crippen LogP contribution in [0.4, 0.5) is 0 Å². The smallest absolute Gasteiger partial charge is 0.235 e. The van der Waals surface area contributed by atoms with Crippen molar-refractivity contribution in [1.29, 1.82) is 5.26 Å². The van der Waals surface area contributed by atoms with Crippen molar-refractivity contribution < 1.29 is 9.90 Å². The molecule has 1 amide bonds. The second-order valence-corrected chi connectivity index (χ2v) is 6.75. The van der Waals surface area contributed by atoms with Crippen LogP contribution in [0.2, 0.25) is 0 Å². The predicted octanol–water partition coefficient (Wildman–Crippen LogP) is 0.0377. The molecule has 0 aromatic rings. The molecular weight excluding hydrogens is 268 g/mol. The number of aliphatic hydroxyl groups is 1. The molecule has 21 heavy (non-hydrogen) atoms. The molecule has 0 saturated carbocycles. The summed E-state index contributed by atoms with van der Waals surface area (Å²) in [6.45, 7) is 7.11. The lowest BCUT2D eigenvalue weighted by atomic mass is 9.90. The number of carbonyl (C=O) groups is 1. The lowest BCUT2D eigenvalue weighted by molar-refractivity contribution is -0.124. The Bertz CT molecular complexity index is 405. The molecule has 3 unspecified atom stereocenters. The third kappa shape index (κ3) is 4.95. The molecule has 0 aromatic heterocycles. The maximum atomic E-state index is 12.2. The first-order valence-electron chi connectivity index (χ1n) is 7.47. The van der Waals surface area contributed by atoms with Gasteiger partial charge in [0.15, 0.2) is 0 Å². The molecule has 1 fully saturated rings. The number of aliphatic hydroxyl groups excluding tert-OH is 1. The van der Waals surface area contributed by atoms with Crippen molar-refractivity contribution in [2.75, 3.05) is 33.7 Å². The largest absolute Gasteiger partial charge is 0.392 e. The van der Waals surface area contributed by atoms with Crippen LogP contribution in [0.5, 0.6) is 0 Å². The first-order valence-corrected chi connectivity index (χ1v) is 7.47. The van der Waals surface area contributed by atoms with Gasteiger partial charge in [-0.2, -0.15) is 5.26 Å². The lowest BCUT2D eigenvalue weighted by Gasteiger charge is -2.30. The monoisotopic (exact) mass is 296 g/mol. The fourth-order valence-corrected chi connectivity index (χ4v) is 2.58. The molecule has 120 valence electrons. The third-order valence-electron chi connectivity index (χ3n) is 4.21. The van der Waals surface area contributed by atoms with Crippen LogP contribution in [0.3, 0.4) is 0 Å². The second-order valence-electron chi connectivity index (χ2n) is 6.75. The highest BCUT2D eigenvalue weighted by molar-refractivity contribution is 5.79. The standard InChI is InChI=1S/C15H28N4O2/c1-11(2)15(3,10-16)17-14(21)9-19-8-13(20)6-12(19)7-18(4)5/h11-13,20H,6-9H2,1-5H3,(H,17,21). The Kier molecular flexibility index (Phi) is 6.14. The molecule has 0 aliphatic carbocycles. The minimum atomic E-state index is -0.855. The van der Waals surface area contributed by atoms with Gasteiger partial charge in [0.2, 0.25) is 5.91 Å². The SMILES string of the molecule is CC(C)C(C)(C#N)NC(=O)CN1CC(O)CC1CN(C)C. The average Bonchev–Trinajstić information content (AvgIpc) is 2.67. The van der Waals surface area contributed by atoms with Gasteiger partial charge in [-0.05, 0) is 33.4 Å². The van der Waals surface area contributed by atoms with Crippen LogP contribution in [-0.4, -0.2) is 72.2 Å². The Morgan fingerprint density at radius 3 is 2.67 bits per heavy atom.